The number of hydrogen-bond acceptors (Lipinski definition) is 2. The quantitative estimate of drug-likeness (QED) is 0.684. The lowest BCUT2D eigenvalue weighted by molar-refractivity contribution is 0.302. The molecule has 0 saturated heterocycles. The van der Waals surface area contributed by atoms with E-state index in [-0.39, 0.29) is 11.7 Å². The smallest absolute Gasteiger partial charge is 0.123 e. The molecule has 0 aromatic heterocycles. The third kappa shape index (κ3) is 4.33. The molecule has 2 rings (SSSR count). The van der Waals surface area contributed by atoms with Crippen molar-refractivity contribution in [3.8, 4) is 11.8 Å². The second kappa shape index (κ2) is 8.19. The largest absolute Gasteiger partial charge is 0.493 e. The van der Waals surface area contributed by atoms with E-state index < -0.39 is 0 Å². The van der Waals surface area contributed by atoms with Gasteiger partial charge in [-0.1, -0.05) is 37.3 Å². The van der Waals surface area contributed by atoms with Gasteiger partial charge < -0.3 is 4.74 Å². The number of rotatable bonds is 7. The molecule has 2 nitrogen and oxygen atoms in total. The lowest BCUT2D eigenvalue weighted by Crippen LogP contribution is -2.03. The molecule has 1 unspecified atom stereocenters. The summed E-state index contributed by atoms with van der Waals surface area (Å²) in [5, 5.41) is 9.26. The number of ether oxygens (including phenoxy) is 1. The van der Waals surface area contributed by atoms with Gasteiger partial charge in [-0.05, 0) is 48.6 Å². The van der Waals surface area contributed by atoms with Crippen LogP contribution in [0.25, 0.3) is 0 Å². The van der Waals surface area contributed by atoms with E-state index in [1.165, 1.54) is 17.7 Å². The first-order chi connectivity index (χ1) is 10.7. The van der Waals surface area contributed by atoms with Crippen LogP contribution in [-0.4, -0.2) is 6.61 Å². The van der Waals surface area contributed by atoms with Crippen LogP contribution in [0.2, 0.25) is 0 Å². The van der Waals surface area contributed by atoms with Crippen molar-refractivity contribution >= 4 is 0 Å². The van der Waals surface area contributed by atoms with Crippen molar-refractivity contribution in [2.24, 2.45) is 0 Å². The highest BCUT2D eigenvalue weighted by atomic mass is 19.1. The normalized spacial score (nSPS) is 11.7. The average molecular weight is 297 g/mol. The Labute approximate surface area is 131 Å². The lowest BCUT2D eigenvalue weighted by Gasteiger charge is -2.12. The number of para-hydroxylation sites is 1. The minimum atomic E-state index is -0.278. The van der Waals surface area contributed by atoms with Crippen molar-refractivity contribution in [1.82, 2.24) is 0 Å². The molecule has 2 aromatic rings. The molecule has 0 bridgehead atoms. The molecule has 22 heavy (non-hydrogen) atoms. The zero-order valence-electron chi connectivity index (χ0n) is 12.8. The molecule has 114 valence electrons. The first kappa shape index (κ1) is 16.0. The molecule has 0 aliphatic carbocycles. The van der Waals surface area contributed by atoms with Gasteiger partial charge in [-0.15, -0.1) is 0 Å². The number of nitrogens with zero attached hydrogens (tertiary/aromatic N) is 1. The first-order valence-electron chi connectivity index (χ1n) is 7.60. The molecule has 0 amide bonds. The number of aryl methyl sites for hydroxylation is 1. The van der Waals surface area contributed by atoms with Crippen LogP contribution in [0.4, 0.5) is 4.39 Å². The second-order valence-corrected chi connectivity index (χ2v) is 5.19. The minimum Gasteiger partial charge on any atom is -0.493 e. The summed E-state index contributed by atoms with van der Waals surface area (Å²) in [6.45, 7) is 2.68. The van der Waals surface area contributed by atoms with Gasteiger partial charge in [-0.2, -0.15) is 5.26 Å². The Morgan fingerprint density at radius 1 is 1.14 bits per heavy atom. The predicted octanol–water partition coefficient (Wildman–Crippen LogP) is 4.85. The second-order valence-electron chi connectivity index (χ2n) is 5.19. The van der Waals surface area contributed by atoms with E-state index in [4.69, 9.17) is 4.74 Å². The molecule has 2 aromatic carbocycles. The molecule has 0 fully saturated rings. The van der Waals surface area contributed by atoms with Gasteiger partial charge in [-0.25, -0.2) is 4.39 Å². The Bertz CT molecular complexity index is 631. The maximum absolute atomic E-state index is 12.9. The number of nitriles is 1. The van der Waals surface area contributed by atoms with Gasteiger partial charge in [0, 0.05) is 0 Å². The summed E-state index contributed by atoms with van der Waals surface area (Å²) in [6, 6.07) is 16.4. The number of benzene rings is 2. The van der Waals surface area contributed by atoms with Crippen LogP contribution >= 0.6 is 0 Å². The van der Waals surface area contributed by atoms with Gasteiger partial charge in [0.15, 0.2) is 0 Å². The van der Waals surface area contributed by atoms with E-state index >= 15 is 0 Å². The summed E-state index contributed by atoms with van der Waals surface area (Å²) in [4.78, 5) is 0. The topological polar surface area (TPSA) is 33.0 Å². The van der Waals surface area contributed by atoms with E-state index in [1.54, 1.807) is 12.1 Å². The third-order valence-electron chi connectivity index (χ3n) is 3.68. The SMILES string of the molecule is CCc1ccccc1OCCCC(C#N)c1ccc(F)cc1. The van der Waals surface area contributed by atoms with Crippen LogP contribution in [-0.2, 0) is 6.42 Å². The average Bonchev–Trinajstić information content (AvgIpc) is 2.56. The summed E-state index contributed by atoms with van der Waals surface area (Å²) in [5.41, 5.74) is 2.05. The monoisotopic (exact) mass is 297 g/mol. The van der Waals surface area contributed by atoms with E-state index in [1.807, 2.05) is 18.2 Å². The zero-order chi connectivity index (χ0) is 15.8. The molecule has 0 aliphatic heterocycles. The Hall–Kier alpha value is -2.34. The van der Waals surface area contributed by atoms with E-state index in [0.29, 0.717) is 13.0 Å². The molecule has 1 atom stereocenters. The number of hydrogen-bond donors (Lipinski definition) is 0. The predicted molar refractivity (Wildman–Crippen MR) is 85.3 cm³/mol. The van der Waals surface area contributed by atoms with Gasteiger partial charge in [0.25, 0.3) is 0 Å². The molecule has 3 heteroatoms. The van der Waals surface area contributed by atoms with Gasteiger partial charge in [0.2, 0.25) is 0 Å². The van der Waals surface area contributed by atoms with E-state index in [2.05, 4.69) is 19.1 Å². The van der Waals surface area contributed by atoms with Crippen molar-refractivity contribution in [2.45, 2.75) is 32.1 Å². The summed E-state index contributed by atoms with van der Waals surface area (Å²) in [7, 11) is 0. The summed E-state index contributed by atoms with van der Waals surface area (Å²) < 4.78 is 18.7. The highest BCUT2D eigenvalue weighted by Crippen LogP contribution is 2.22. The van der Waals surface area contributed by atoms with Crippen molar-refractivity contribution < 1.29 is 9.13 Å². The molecule has 0 aliphatic rings. The fourth-order valence-electron chi connectivity index (χ4n) is 2.41. The molecular formula is C19H20FNO. The standard InChI is InChI=1S/C19H20FNO/c1-2-15-6-3-4-8-19(15)22-13-5-7-17(14-21)16-9-11-18(20)12-10-16/h3-4,6,8-12,17H,2,5,7,13H2,1H3. The molecular weight excluding hydrogens is 277 g/mol. The number of halogens is 1. The van der Waals surface area contributed by atoms with E-state index in [0.717, 1.165) is 24.2 Å². The maximum Gasteiger partial charge on any atom is 0.123 e. The zero-order valence-corrected chi connectivity index (χ0v) is 12.8. The Balaban J connectivity index is 1.84. The Morgan fingerprint density at radius 2 is 1.86 bits per heavy atom. The molecule has 0 heterocycles. The molecule has 0 N–H and O–H groups in total. The van der Waals surface area contributed by atoms with Gasteiger partial charge in [0.1, 0.15) is 11.6 Å². The lowest BCUT2D eigenvalue weighted by atomic mass is 9.96. The Kier molecular flexibility index (Phi) is 5.97. The summed E-state index contributed by atoms with van der Waals surface area (Å²) in [6.07, 6.45) is 2.43. The minimum absolute atomic E-state index is 0.217. The van der Waals surface area contributed by atoms with E-state index in [9.17, 15) is 9.65 Å². The van der Waals surface area contributed by atoms with Crippen molar-refractivity contribution in [1.29, 1.82) is 5.26 Å². The first-order valence-corrected chi connectivity index (χ1v) is 7.60. The van der Waals surface area contributed by atoms with Crippen LogP contribution in [0.5, 0.6) is 5.75 Å². The fraction of sp³-hybridized carbons (Fsp3) is 0.316. The van der Waals surface area contributed by atoms with Crippen molar-refractivity contribution in [3.05, 3.63) is 65.5 Å². The molecule has 0 saturated carbocycles. The van der Waals surface area contributed by atoms with Crippen LogP contribution in [0.1, 0.15) is 36.8 Å². The van der Waals surface area contributed by atoms with Gasteiger partial charge >= 0.3 is 0 Å². The summed E-state index contributed by atoms with van der Waals surface area (Å²) in [5.74, 6) is 0.422. The van der Waals surface area contributed by atoms with Crippen molar-refractivity contribution in [3.63, 3.8) is 0 Å². The van der Waals surface area contributed by atoms with Crippen LogP contribution in [0, 0.1) is 17.1 Å². The third-order valence-corrected chi connectivity index (χ3v) is 3.68. The molecule has 0 radical (unpaired) electrons. The van der Waals surface area contributed by atoms with Gasteiger partial charge in [0.05, 0.1) is 18.6 Å². The summed E-state index contributed by atoms with van der Waals surface area (Å²) >= 11 is 0. The van der Waals surface area contributed by atoms with Crippen molar-refractivity contribution in [2.75, 3.05) is 6.61 Å². The maximum atomic E-state index is 12.9. The van der Waals surface area contributed by atoms with Crippen LogP contribution in [0.3, 0.4) is 0 Å². The highest BCUT2D eigenvalue weighted by molar-refractivity contribution is 5.33. The van der Waals surface area contributed by atoms with Crippen LogP contribution < -0.4 is 4.74 Å². The van der Waals surface area contributed by atoms with Crippen LogP contribution in [0.15, 0.2) is 48.5 Å². The highest BCUT2D eigenvalue weighted by Gasteiger charge is 2.10. The molecule has 0 spiro atoms. The van der Waals surface area contributed by atoms with Gasteiger partial charge in [-0.3, -0.25) is 0 Å². The Morgan fingerprint density at radius 3 is 2.55 bits per heavy atom. The fourth-order valence-corrected chi connectivity index (χ4v) is 2.41.